The minimum atomic E-state index is 0.0880. The lowest BCUT2D eigenvalue weighted by atomic mass is 10.2. The Morgan fingerprint density at radius 1 is 0.842 bits per heavy atom. The van der Waals surface area contributed by atoms with Gasteiger partial charge in [0.25, 0.3) is 0 Å². The molecule has 0 saturated heterocycles. The Hall–Kier alpha value is -1.22. The summed E-state index contributed by atoms with van der Waals surface area (Å²) in [5.41, 5.74) is 0. The number of hydrogen-bond acceptors (Lipinski definition) is 3. The van der Waals surface area contributed by atoms with Gasteiger partial charge in [-0.1, -0.05) is 45.6 Å². The molecule has 0 radical (unpaired) electrons. The van der Waals surface area contributed by atoms with E-state index in [0.29, 0.717) is 0 Å². The molecule has 1 aromatic carbocycles. The molecule has 0 aliphatic carbocycles. The third-order valence-corrected chi connectivity index (χ3v) is 2.61. The molecule has 0 amide bonds. The maximum Gasteiger partial charge on any atom is 0.119 e. The van der Waals surface area contributed by atoms with E-state index < -0.39 is 0 Å². The number of ether oxygens (including phenoxy) is 1. The highest BCUT2D eigenvalue weighted by atomic mass is 16.5. The van der Waals surface area contributed by atoms with Gasteiger partial charge in [0, 0.05) is 19.3 Å². The van der Waals surface area contributed by atoms with Crippen molar-refractivity contribution in [3.63, 3.8) is 0 Å². The normalized spacial score (nSPS) is 9.79. The lowest BCUT2D eigenvalue weighted by Gasteiger charge is -2.01. The van der Waals surface area contributed by atoms with E-state index >= 15 is 0 Å². The molecular weight excluding hydrogens is 240 g/mol. The van der Waals surface area contributed by atoms with Crippen molar-refractivity contribution < 1.29 is 14.9 Å². The van der Waals surface area contributed by atoms with Crippen LogP contribution >= 0.6 is 0 Å². The van der Waals surface area contributed by atoms with Gasteiger partial charge in [0.1, 0.15) is 11.5 Å². The summed E-state index contributed by atoms with van der Waals surface area (Å²) in [5, 5.41) is 17.3. The average Bonchev–Trinajstić information content (AvgIpc) is 2.38. The van der Waals surface area contributed by atoms with Gasteiger partial charge in [-0.15, -0.1) is 0 Å². The SMILES string of the molecule is CCCCCOCCCCC.Oc1cccc(O)c1. The van der Waals surface area contributed by atoms with Crippen LogP contribution in [0, 0.1) is 0 Å². The van der Waals surface area contributed by atoms with E-state index in [1.54, 1.807) is 6.07 Å². The molecular formula is C16H28O3. The van der Waals surface area contributed by atoms with E-state index in [0.717, 1.165) is 13.2 Å². The summed E-state index contributed by atoms with van der Waals surface area (Å²) in [6.45, 7) is 6.38. The van der Waals surface area contributed by atoms with Crippen LogP contribution in [0.1, 0.15) is 52.4 Å². The number of phenols is 2. The Morgan fingerprint density at radius 2 is 1.32 bits per heavy atom. The van der Waals surface area contributed by atoms with Gasteiger partial charge in [0.15, 0.2) is 0 Å². The van der Waals surface area contributed by atoms with Crippen molar-refractivity contribution in [1.29, 1.82) is 0 Å². The second kappa shape index (κ2) is 13.2. The Kier molecular flexibility index (Phi) is 12.4. The van der Waals surface area contributed by atoms with Gasteiger partial charge in [0.2, 0.25) is 0 Å². The molecule has 3 nitrogen and oxygen atoms in total. The van der Waals surface area contributed by atoms with Crippen LogP contribution in [-0.4, -0.2) is 23.4 Å². The van der Waals surface area contributed by atoms with Gasteiger partial charge in [-0.05, 0) is 25.0 Å². The van der Waals surface area contributed by atoms with Gasteiger partial charge in [-0.25, -0.2) is 0 Å². The zero-order valence-electron chi connectivity index (χ0n) is 12.3. The first-order chi connectivity index (χ1) is 9.20. The van der Waals surface area contributed by atoms with E-state index in [1.165, 1.54) is 56.7 Å². The summed E-state index contributed by atoms with van der Waals surface area (Å²) in [4.78, 5) is 0. The first-order valence-electron chi connectivity index (χ1n) is 7.26. The molecule has 0 fully saturated rings. The molecule has 0 atom stereocenters. The molecule has 0 unspecified atom stereocenters. The van der Waals surface area contributed by atoms with Crippen LogP contribution in [0.2, 0.25) is 0 Å². The van der Waals surface area contributed by atoms with E-state index in [9.17, 15) is 0 Å². The summed E-state index contributed by atoms with van der Waals surface area (Å²) in [7, 11) is 0. The zero-order valence-corrected chi connectivity index (χ0v) is 12.3. The summed E-state index contributed by atoms with van der Waals surface area (Å²) < 4.78 is 5.44. The minimum Gasteiger partial charge on any atom is -0.508 e. The highest BCUT2D eigenvalue weighted by Crippen LogP contribution is 2.14. The molecule has 0 heterocycles. The maximum absolute atomic E-state index is 8.65. The minimum absolute atomic E-state index is 0.0880. The van der Waals surface area contributed by atoms with E-state index in [-0.39, 0.29) is 11.5 Å². The third-order valence-electron chi connectivity index (χ3n) is 2.61. The van der Waals surface area contributed by atoms with Crippen LogP contribution in [0.3, 0.4) is 0 Å². The fraction of sp³-hybridized carbons (Fsp3) is 0.625. The average molecular weight is 268 g/mol. The third kappa shape index (κ3) is 13.0. The molecule has 1 aromatic rings. The highest BCUT2D eigenvalue weighted by molar-refractivity contribution is 5.30. The predicted molar refractivity (Wildman–Crippen MR) is 79.6 cm³/mol. The Morgan fingerprint density at radius 3 is 1.63 bits per heavy atom. The summed E-state index contributed by atoms with van der Waals surface area (Å²) in [6.07, 6.45) is 7.68. The molecule has 0 aliphatic rings. The fourth-order valence-electron chi connectivity index (χ4n) is 1.50. The number of aromatic hydroxyl groups is 2. The van der Waals surface area contributed by atoms with Crippen LogP contribution in [0.25, 0.3) is 0 Å². The van der Waals surface area contributed by atoms with Crippen LogP contribution < -0.4 is 0 Å². The highest BCUT2D eigenvalue weighted by Gasteiger charge is 1.88. The molecule has 3 heteroatoms. The van der Waals surface area contributed by atoms with E-state index in [1.807, 2.05) is 0 Å². The van der Waals surface area contributed by atoms with Gasteiger partial charge in [-0.3, -0.25) is 0 Å². The van der Waals surface area contributed by atoms with Crippen LogP contribution in [-0.2, 0) is 4.74 Å². The molecule has 0 aliphatic heterocycles. The second-order valence-corrected chi connectivity index (χ2v) is 4.55. The Balaban J connectivity index is 0.000000356. The van der Waals surface area contributed by atoms with Crippen LogP contribution in [0.5, 0.6) is 11.5 Å². The molecule has 0 bridgehead atoms. The molecule has 19 heavy (non-hydrogen) atoms. The van der Waals surface area contributed by atoms with Crippen molar-refractivity contribution in [2.24, 2.45) is 0 Å². The number of benzene rings is 1. The van der Waals surface area contributed by atoms with Crippen molar-refractivity contribution in [3.8, 4) is 11.5 Å². The largest absolute Gasteiger partial charge is 0.508 e. The first-order valence-corrected chi connectivity index (χ1v) is 7.26. The van der Waals surface area contributed by atoms with Crippen molar-refractivity contribution in [1.82, 2.24) is 0 Å². The smallest absolute Gasteiger partial charge is 0.119 e. The fourth-order valence-corrected chi connectivity index (χ4v) is 1.50. The monoisotopic (exact) mass is 268 g/mol. The summed E-state index contributed by atoms with van der Waals surface area (Å²) in [6, 6.07) is 5.85. The van der Waals surface area contributed by atoms with E-state index in [4.69, 9.17) is 14.9 Å². The van der Waals surface area contributed by atoms with E-state index in [2.05, 4.69) is 13.8 Å². The zero-order chi connectivity index (χ0) is 14.3. The lowest BCUT2D eigenvalue weighted by molar-refractivity contribution is 0.126. The molecule has 0 saturated carbocycles. The second-order valence-electron chi connectivity index (χ2n) is 4.55. The predicted octanol–water partition coefficient (Wildman–Crippen LogP) is 4.48. The Bertz CT molecular complexity index is 275. The number of rotatable bonds is 8. The Labute approximate surface area is 117 Å². The lowest BCUT2D eigenvalue weighted by Crippen LogP contribution is -1.96. The van der Waals surface area contributed by atoms with Crippen molar-refractivity contribution in [2.75, 3.05) is 13.2 Å². The summed E-state index contributed by atoms with van der Waals surface area (Å²) in [5.74, 6) is 0.176. The van der Waals surface area contributed by atoms with Gasteiger partial charge in [-0.2, -0.15) is 0 Å². The van der Waals surface area contributed by atoms with Gasteiger partial charge < -0.3 is 14.9 Å². The number of unbranched alkanes of at least 4 members (excludes halogenated alkanes) is 4. The van der Waals surface area contributed by atoms with Crippen LogP contribution in [0.4, 0.5) is 0 Å². The topological polar surface area (TPSA) is 49.7 Å². The summed E-state index contributed by atoms with van der Waals surface area (Å²) >= 11 is 0. The van der Waals surface area contributed by atoms with Crippen molar-refractivity contribution in [2.45, 2.75) is 52.4 Å². The van der Waals surface area contributed by atoms with Gasteiger partial charge >= 0.3 is 0 Å². The number of hydrogen-bond donors (Lipinski definition) is 2. The standard InChI is InChI=1S/C10H22O.C6H6O2/c1-3-5-7-9-11-10-8-6-4-2;7-5-2-1-3-6(8)4-5/h3-10H2,1-2H3;1-4,7-8H. The number of phenolic OH excluding ortho intramolecular Hbond substituents is 2. The van der Waals surface area contributed by atoms with Crippen molar-refractivity contribution >= 4 is 0 Å². The maximum atomic E-state index is 8.65. The molecule has 0 aromatic heterocycles. The van der Waals surface area contributed by atoms with Gasteiger partial charge in [0.05, 0.1) is 0 Å². The molecule has 110 valence electrons. The van der Waals surface area contributed by atoms with Crippen LogP contribution in [0.15, 0.2) is 24.3 Å². The van der Waals surface area contributed by atoms with Crippen molar-refractivity contribution in [3.05, 3.63) is 24.3 Å². The molecule has 2 N–H and O–H groups in total. The quantitative estimate of drug-likeness (QED) is 0.683. The molecule has 1 rings (SSSR count). The molecule has 0 spiro atoms. The first kappa shape index (κ1) is 17.8.